The summed E-state index contributed by atoms with van der Waals surface area (Å²) in [7, 11) is 0. The predicted molar refractivity (Wildman–Crippen MR) is 135 cm³/mol. The number of aromatic nitrogens is 2. The number of para-hydroxylation sites is 1. The first-order valence-electron chi connectivity index (χ1n) is 10.8. The Morgan fingerprint density at radius 3 is 2.56 bits per heavy atom. The van der Waals surface area contributed by atoms with Gasteiger partial charge in [-0.15, -0.1) is 0 Å². The predicted octanol–water partition coefficient (Wildman–Crippen LogP) is 4.99. The average molecular weight is 531 g/mol. The average Bonchev–Trinajstić information content (AvgIpc) is 3.42. The summed E-state index contributed by atoms with van der Waals surface area (Å²) in [5.74, 6) is -0.274. The smallest absolute Gasteiger partial charge is 0.260 e. The minimum absolute atomic E-state index is 0.121. The molecule has 3 aromatic carbocycles. The normalized spacial score (nSPS) is 20.7. The minimum Gasteiger partial charge on any atom is -0.305 e. The molecule has 0 fully saturated rings. The molecule has 0 radical (unpaired) electrons. The standard InChI is InChI=1S/C26H19BrN4O2S/c27-19-12-10-18(11-13-19)22(32)23-26(29-31-15-14-28-25(31)34-23)20-8-4-5-9-21(20)30(24(26)33)16-17-6-2-1-3-7-17/h1-15,23,29H,16H2. The van der Waals surface area contributed by atoms with Crippen molar-refractivity contribution >= 4 is 45.1 Å². The SMILES string of the molecule is O=C(c1ccc(Br)cc1)C1Sc2nccn2NC12C(=O)N(Cc1ccccc1)c1ccccc12. The molecule has 1 spiro atoms. The van der Waals surface area contributed by atoms with Crippen molar-refractivity contribution < 1.29 is 9.59 Å². The maximum Gasteiger partial charge on any atom is 0.260 e. The summed E-state index contributed by atoms with van der Waals surface area (Å²) >= 11 is 4.76. The van der Waals surface area contributed by atoms with E-state index in [1.54, 1.807) is 34.1 Å². The summed E-state index contributed by atoms with van der Waals surface area (Å²) < 4.78 is 2.64. The number of thioether (sulfide) groups is 1. The number of Topliss-reactive ketones (excluding diaryl/α,β-unsaturated/α-hetero) is 1. The van der Waals surface area contributed by atoms with Gasteiger partial charge in [-0.05, 0) is 23.8 Å². The number of benzene rings is 3. The van der Waals surface area contributed by atoms with Crippen LogP contribution in [-0.4, -0.2) is 26.6 Å². The molecule has 0 bridgehead atoms. The summed E-state index contributed by atoms with van der Waals surface area (Å²) in [6, 6.07) is 24.9. The lowest BCUT2D eigenvalue weighted by Crippen LogP contribution is -2.59. The number of amides is 1. The number of fused-ring (bicyclic) bond motifs is 3. The first-order valence-corrected chi connectivity index (χ1v) is 12.5. The van der Waals surface area contributed by atoms with E-state index in [4.69, 9.17) is 0 Å². The second-order valence-electron chi connectivity index (χ2n) is 8.26. The van der Waals surface area contributed by atoms with Gasteiger partial charge in [-0.3, -0.25) is 9.59 Å². The molecule has 2 atom stereocenters. The molecular formula is C26H19BrN4O2S. The molecule has 1 aromatic heterocycles. The Labute approximate surface area is 209 Å². The molecule has 2 aliphatic heterocycles. The van der Waals surface area contributed by atoms with Crippen molar-refractivity contribution in [2.75, 3.05) is 10.3 Å². The van der Waals surface area contributed by atoms with Crippen LogP contribution in [0.2, 0.25) is 0 Å². The number of nitrogens with one attached hydrogen (secondary N) is 1. The molecule has 8 heteroatoms. The summed E-state index contributed by atoms with van der Waals surface area (Å²) in [4.78, 5) is 34.5. The number of carbonyl (C=O) groups excluding carboxylic acids is 2. The first-order chi connectivity index (χ1) is 16.6. The van der Waals surface area contributed by atoms with Crippen LogP contribution in [0.15, 0.2) is 101 Å². The van der Waals surface area contributed by atoms with Gasteiger partial charge in [-0.25, -0.2) is 9.66 Å². The number of ketones is 1. The van der Waals surface area contributed by atoms with Gasteiger partial charge in [-0.1, -0.05) is 88.4 Å². The van der Waals surface area contributed by atoms with Crippen molar-refractivity contribution in [3.8, 4) is 0 Å². The molecule has 3 heterocycles. The van der Waals surface area contributed by atoms with Gasteiger partial charge in [0.1, 0.15) is 5.25 Å². The Bertz CT molecular complexity index is 1410. The van der Waals surface area contributed by atoms with E-state index in [2.05, 4.69) is 26.3 Å². The fourth-order valence-electron chi connectivity index (χ4n) is 4.68. The molecule has 1 amide bonds. The molecule has 168 valence electrons. The van der Waals surface area contributed by atoms with E-state index in [9.17, 15) is 9.59 Å². The van der Waals surface area contributed by atoms with E-state index >= 15 is 0 Å². The maximum absolute atomic E-state index is 14.3. The van der Waals surface area contributed by atoms with Crippen LogP contribution < -0.4 is 10.3 Å². The molecule has 6 rings (SSSR count). The van der Waals surface area contributed by atoms with Crippen LogP contribution in [0.4, 0.5) is 5.69 Å². The van der Waals surface area contributed by atoms with Crippen molar-refractivity contribution in [1.29, 1.82) is 0 Å². The molecule has 2 unspecified atom stereocenters. The number of rotatable bonds is 4. The van der Waals surface area contributed by atoms with Gasteiger partial charge in [0, 0.05) is 28.0 Å². The summed E-state index contributed by atoms with van der Waals surface area (Å²) in [6.45, 7) is 0.417. The van der Waals surface area contributed by atoms with E-state index in [0.717, 1.165) is 21.3 Å². The molecule has 1 N–H and O–H groups in total. The summed E-state index contributed by atoms with van der Waals surface area (Å²) in [5.41, 5.74) is 5.29. The first kappa shape index (κ1) is 21.2. The third-order valence-electron chi connectivity index (χ3n) is 6.27. The van der Waals surface area contributed by atoms with Crippen LogP contribution in [0.3, 0.4) is 0 Å². The topological polar surface area (TPSA) is 67.2 Å². The van der Waals surface area contributed by atoms with Gasteiger partial charge in [0.25, 0.3) is 5.91 Å². The molecule has 0 saturated carbocycles. The van der Waals surface area contributed by atoms with Crippen molar-refractivity contribution in [2.45, 2.75) is 22.5 Å². The second kappa shape index (κ2) is 8.14. The Kier molecular flexibility index (Phi) is 5.08. The van der Waals surface area contributed by atoms with Crippen LogP contribution in [0.25, 0.3) is 0 Å². The lowest BCUT2D eigenvalue weighted by Gasteiger charge is -2.40. The number of hydrogen-bond acceptors (Lipinski definition) is 5. The van der Waals surface area contributed by atoms with E-state index in [1.165, 1.54) is 11.8 Å². The van der Waals surface area contributed by atoms with Gasteiger partial charge in [0.2, 0.25) is 0 Å². The Hall–Kier alpha value is -3.36. The molecule has 2 aliphatic rings. The van der Waals surface area contributed by atoms with Crippen molar-refractivity contribution in [3.63, 3.8) is 0 Å². The van der Waals surface area contributed by atoms with Gasteiger partial charge < -0.3 is 10.3 Å². The summed E-state index contributed by atoms with van der Waals surface area (Å²) in [6.07, 6.45) is 3.45. The molecule has 34 heavy (non-hydrogen) atoms. The van der Waals surface area contributed by atoms with Crippen LogP contribution in [0.5, 0.6) is 0 Å². The third-order valence-corrected chi connectivity index (χ3v) is 8.12. The van der Waals surface area contributed by atoms with Crippen molar-refractivity contribution in [2.24, 2.45) is 0 Å². The fourth-order valence-corrected chi connectivity index (χ4v) is 6.20. The monoisotopic (exact) mass is 530 g/mol. The van der Waals surface area contributed by atoms with Gasteiger partial charge in [0.15, 0.2) is 16.5 Å². The van der Waals surface area contributed by atoms with Crippen molar-refractivity contribution in [3.05, 3.63) is 112 Å². The Balaban J connectivity index is 1.51. The van der Waals surface area contributed by atoms with E-state index in [-0.39, 0.29) is 11.7 Å². The zero-order valence-electron chi connectivity index (χ0n) is 17.9. The van der Waals surface area contributed by atoms with Crippen LogP contribution in [0, 0.1) is 0 Å². The highest BCUT2D eigenvalue weighted by Gasteiger charge is 2.61. The largest absolute Gasteiger partial charge is 0.305 e. The minimum atomic E-state index is -1.27. The maximum atomic E-state index is 14.3. The highest BCUT2D eigenvalue weighted by Crippen LogP contribution is 2.51. The number of hydrogen-bond donors (Lipinski definition) is 1. The van der Waals surface area contributed by atoms with E-state index in [0.29, 0.717) is 17.3 Å². The number of nitrogens with zero attached hydrogens (tertiary/aromatic N) is 3. The van der Waals surface area contributed by atoms with Gasteiger partial charge in [0.05, 0.1) is 12.2 Å². The lowest BCUT2D eigenvalue weighted by atomic mass is 9.84. The molecule has 0 aliphatic carbocycles. The molecule has 4 aromatic rings. The van der Waals surface area contributed by atoms with Crippen LogP contribution in [0.1, 0.15) is 21.5 Å². The zero-order chi connectivity index (χ0) is 23.3. The highest BCUT2D eigenvalue weighted by molar-refractivity contribution is 9.10. The number of anilines is 1. The lowest BCUT2D eigenvalue weighted by molar-refractivity contribution is -0.122. The highest BCUT2D eigenvalue weighted by atomic mass is 79.9. The molecule has 6 nitrogen and oxygen atoms in total. The Morgan fingerprint density at radius 2 is 1.76 bits per heavy atom. The van der Waals surface area contributed by atoms with Crippen LogP contribution in [-0.2, 0) is 16.9 Å². The third kappa shape index (κ3) is 3.20. The second-order valence-corrected chi connectivity index (χ2v) is 10.3. The van der Waals surface area contributed by atoms with Gasteiger partial charge >= 0.3 is 0 Å². The number of imidazole rings is 1. The Morgan fingerprint density at radius 1 is 1.03 bits per heavy atom. The zero-order valence-corrected chi connectivity index (χ0v) is 20.3. The summed E-state index contributed by atoms with van der Waals surface area (Å²) in [5, 5.41) is -0.0918. The van der Waals surface area contributed by atoms with Gasteiger partial charge in [-0.2, -0.15) is 0 Å². The van der Waals surface area contributed by atoms with E-state index in [1.807, 2.05) is 66.7 Å². The fraction of sp³-hybridized carbons (Fsp3) is 0.115. The van der Waals surface area contributed by atoms with E-state index < -0.39 is 10.8 Å². The quantitative estimate of drug-likeness (QED) is 0.376. The number of halogens is 1. The molecule has 0 saturated heterocycles. The molecular weight excluding hydrogens is 512 g/mol. The van der Waals surface area contributed by atoms with Crippen LogP contribution >= 0.6 is 27.7 Å². The number of carbonyl (C=O) groups is 2. The van der Waals surface area contributed by atoms with Crippen molar-refractivity contribution in [1.82, 2.24) is 9.66 Å².